The van der Waals surface area contributed by atoms with Crippen LogP contribution >= 0.6 is 11.6 Å². The van der Waals surface area contributed by atoms with Crippen molar-refractivity contribution < 1.29 is 13.2 Å². The van der Waals surface area contributed by atoms with Crippen LogP contribution in [0.4, 0.5) is 11.4 Å². The lowest BCUT2D eigenvalue weighted by atomic mass is 10.2. The summed E-state index contributed by atoms with van der Waals surface area (Å²) >= 11 is 6.16. The van der Waals surface area contributed by atoms with Gasteiger partial charge in [0.25, 0.3) is 15.9 Å². The second kappa shape index (κ2) is 7.93. The molecule has 0 aliphatic heterocycles. The van der Waals surface area contributed by atoms with E-state index in [4.69, 9.17) is 11.6 Å². The van der Waals surface area contributed by atoms with E-state index in [-0.39, 0.29) is 21.2 Å². The molecule has 0 fully saturated rings. The Bertz CT molecular complexity index is 1470. The van der Waals surface area contributed by atoms with Gasteiger partial charge in [-0.2, -0.15) is 0 Å². The van der Waals surface area contributed by atoms with Crippen LogP contribution < -0.4 is 15.7 Å². The number of aromatic nitrogens is 2. The van der Waals surface area contributed by atoms with Gasteiger partial charge >= 0.3 is 5.69 Å². The van der Waals surface area contributed by atoms with Gasteiger partial charge in [-0.05, 0) is 61.0 Å². The third-order valence-corrected chi connectivity index (χ3v) is 6.25. The number of rotatable bonds is 5. The first-order chi connectivity index (χ1) is 14.7. The van der Waals surface area contributed by atoms with Gasteiger partial charge in [-0.1, -0.05) is 23.7 Å². The van der Waals surface area contributed by atoms with Crippen molar-refractivity contribution in [2.45, 2.75) is 11.8 Å². The van der Waals surface area contributed by atoms with Gasteiger partial charge in [0.05, 0.1) is 26.5 Å². The topological polar surface area (TPSA) is 124 Å². The molecule has 1 heterocycles. The second-order valence-corrected chi connectivity index (χ2v) is 9.00. The molecular formula is C21H17ClN4O4S. The Labute approximate surface area is 182 Å². The van der Waals surface area contributed by atoms with Gasteiger partial charge in [0.15, 0.2) is 0 Å². The van der Waals surface area contributed by atoms with Gasteiger partial charge < -0.3 is 15.3 Å². The summed E-state index contributed by atoms with van der Waals surface area (Å²) in [6.07, 6.45) is 0. The highest BCUT2D eigenvalue weighted by Crippen LogP contribution is 2.24. The number of carbonyl (C=O) groups is 1. The molecular weight excluding hydrogens is 440 g/mol. The van der Waals surface area contributed by atoms with E-state index in [1.54, 1.807) is 36.4 Å². The molecule has 0 saturated carbocycles. The predicted molar refractivity (Wildman–Crippen MR) is 120 cm³/mol. The molecule has 0 aliphatic carbocycles. The summed E-state index contributed by atoms with van der Waals surface area (Å²) in [5.74, 6) is -0.588. The fourth-order valence-corrected chi connectivity index (χ4v) is 4.36. The van der Waals surface area contributed by atoms with E-state index < -0.39 is 15.9 Å². The summed E-state index contributed by atoms with van der Waals surface area (Å²) in [6.45, 7) is 1.85. The number of H-pyrrole nitrogens is 2. The number of carbonyl (C=O) groups excluding carboxylic acids is 1. The van der Waals surface area contributed by atoms with Crippen molar-refractivity contribution in [3.8, 4) is 0 Å². The summed E-state index contributed by atoms with van der Waals surface area (Å²) in [4.78, 5) is 29.3. The van der Waals surface area contributed by atoms with Gasteiger partial charge in [-0.25, -0.2) is 13.2 Å². The number of fused-ring (bicyclic) bond motifs is 1. The molecule has 158 valence electrons. The van der Waals surface area contributed by atoms with E-state index in [0.717, 1.165) is 5.56 Å². The molecule has 3 aromatic carbocycles. The van der Waals surface area contributed by atoms with Crippen LogP contribution in [-0.2, 0) is 10.0 Å². The van der Waals surface area contributed by atoms with Gasteiger partial charge in [0.1, 0.15) is 0 Å². The Morgan fingerprint density at radius 1 is 0.935 bits per heavy atom. The summed E-state index contributed by atoms with van der Waals surface area (Å²) in [7, 11) is -3.93. The molecule has 0 bridgehead atoms. The molecule has 0 saturated heterocycles. The summed E-state index contributed by atoms with van der Waals surface area (Å²) in [5, 5.41) is 2.76. The lowest BCUT2D eigenvalue weighted by molar-refractivity contribution is 0.102. The van der Waals surface area contributed by atoms with E-state index in [1.807, 2.05) is 13.0 Å². The standard InChI is InChI=1S/C21H17ClN4O4S/c1-12-3-2-4-14(9-12)26-31(29,30)15-6-7-17(22)16(11-15)20(27)23-13-5-8-18-19(10-13)25-21(28)24-18/h2-11,26H,1H3,(H,23,27)(H2,24,25,28). The SMILES string of the molecule is Cc1cccc(NS(=O)(=O)c2ccc(Cl)c(C(=O)Nc3ccc4[nH]c(=O)[nH]c4c3)c2)c1. The minimum absolute atomic E-state index is 0.00329. The second-order valence-electron chi connectivity index (χ2n) is 6.91. The average molecular weight is 457 g/mol. The first-order valence-electron chi connectivity index (χ1n) is 9.14. The minimum Gasteiger partial charge on any atom is -0.322 e. The van der Waals surface area contributed by atoms with Crippen molar-refractivity contribution in [1.29, 1.82) is 0 Å². The van der Waals surface area contributed by atoms with Crippen LogP contribution in [0.3, 0.4) is 0 Å². The Hall–Kier alpha value is -3.56. The van der Waals surface area contributed by atoms with Gasteiger partial charge in [0, 0.05) is 11.4 Å². The van der Waals surface area contributed by atoms with Crippen molar-refractivity contribution in [2.24, 2.45) is 0 Å². The van der Waals surface area contributed by atoms with E-state index in [0.29, 0.717) is 22.4 Å². The van der Waals surface area contributed by atoms with Crippen molar-refractivity contribution in [3.05, 3.63) is 87.3 Å². The molecule has 1 amide bonds. The number of benzene rings is 3. The molecule has 31 heavy (non-hydrogen) atoms. The van der Waals surface area contributed by atoms with E-state index in [1.165, 1.54) is 18.2 Å². The molecule has 8 nitrogen and oxygen atoms in total. The quantitative estimate of drug-likeness (QED) is 0.364. The highest BCUT2D eigenvalue weighted by molar-refractivity contribution is 7.92. The van der Waals surface area contributed by atoms with E-state index in [9.17, 15) is 18.0 Å². The molecule has 0 aliphatic rings. The number of imidazole rings is 1. The van der Waals surface area contributed by atoms with Crippen LogP contribution in [0.5, 0.6) is 0 Å². The number of sulfonamides is 1. The smallest absolute Gasteiger partial charge is 0.322 e. The summed E-state index contributed by atoms with van der Waals surface area (Å²) in [6, 6.07) is 15.6. The number of aryl methyl sites for hydroxylation is 1. The number of nitrogens with one attached hydrogen (secondary N) is 4. The lowest BCUT2D eigenvalue weighted by Gasteiger charge is -2.11. The monoisotopic (exact) mass is 456 g/mol. The maximum atomic E-state index is 12.8. The number of hydrogen-bond acceptors (Lipinski definition) is 4. The number of hydrogen-bond donors (Lipinski definition) is 4. The largest absolute Gasteiger partial charge is 0.323 e. The molecule has 0 radical (unpaired) electrons. The molecule has 0 spiro atoms. The van der Waals surface area contributed by atoms with Crippen LogP contribution in [0.15, 0.2) is 70.4 Å². The number of aromatic amines is 2. The minimum atomic E-state index is -3.93. The number of anilines is 2. The lowest BCUT2D eigenvalue weighted by Crippen LogP contribution is -2.16. The Balaban J connectivity index is 1.61. The van der Waals surface area contributed by atoms with Gasteiger partial charge in [0.2, 0.25) is 0 Å². The molecule has 4 rings (SSSR count). The Morgan fingerprint density at radius 2 is 1.71 bits per heavy atom. The van der Waals surface area contributed by atoms with Crippen LogP contribution in [-0.4, -0.2) is 24.3 Å². The molecule has 10 heteroatoms. The van der Waals surface area contributed by atoms with Crippen molar-refractivity contribution in [3.63, 3.8) is 0 Å². The zero-order valence-electron chi connectivity index (χ0n) is 16.2. The third kappa shape index (κ3) is 4.47. The Kier molecular flexibility index (Phi) is 5.30. The fourth-order valence-electron chi connectivity index (χ4n) is 3.08. The predicted octanol–water partition coefficient (Wildman–Crippen LogP) is 3.87. The van der Waals surface area contributed by atoms with Crippen LogP contribution in [0.25, 0.3) is 11.0 Å². The fraction of sp³-hybridized carbons (Fsp3) is 0.0476. The molecule has 0 unspecified atom stereocenters. The summed E-state index contributed by atoms with van der Waals surface area (Å²) in [5.41, 5.74) is 2.47. The third-order valence-electron chi connectivity index (χ3n) is 4.54. The van der Waals surface area contributed by atoms with E-state index >= 15 is 0 Å². The maximum absolute atomic E-state index is 12.8. The highest BCUT2D eigenvalue weighted by atomic mass is 35.5. The van der Waals surface area contributed by atoms with Crippen LogP contribution in [0.2, 0.25) is 5.02 Å². The molecule has 4 N–H and O–H groups in total. The van der Waals surface area contributed by atoms with Crippen molar-refractivity contribution >= 4 is 49.9 Å². The molecule has 4 aromatic rings. The normalized spacial score (nSPS) is 11.4. The zero-order valence-corrected chi connectivity index (χ0v) is 17.8. The number of amides is 1. The number of halogens is 1. The molecule has 1 aromatic heterocycles. The maximum Gasteiger partial charge on any atom is 0.323 e. The van der Waals surface area contributed by atoms with Crippen molar-refractivity contribution in [1.82, 2.24) is 9.97 Å². The van der Waals surface area contributed by atoms with E-state index in [2.05, 4.69) is 20.0 Å². The first-order valence-corrected chi connectivity index (χ1v) is 11.0. The summed E-state index contributed by atoms with van der Waals surface area (Å²) < 4.78 is 28.1. The average Bonchev–Trinajstić information content (AvgIpc) is 3.07. The van der Waals surface area contributed by atoms with Gasteiger partial charge in [-0.15, -0.1) is 0 Å². The highest BCUT2D eigenvalue weighted by Gasteiger charge is 2.19. The molecule has 0 atom stereocenters. The first kappa shape index (κ1) is 20.7. The van der Waals surface area contributed by atoms with Gasteiger partial charge in [-0.3, -0.25) is 9.52 Å². The van der Waals surface area contributed by atoms with Crippen molar-refractivity contribution in [2.75, 3.05) is 10.0 Å². The van der Waals surface area contributed by atoms with Crippen LogP contribution in [0, 0.1) is 6.92 Å². The zero-order chi connectivity index (χ0) is 22.2. The Morgan fingerprint density at radius 3 is 2.48 bits per heavy atom. The van der Waals surface area contributed by atoms with Crippen LogP contribution in [0.1, 0.15) is 15.9 Å².